The molecule has 2 fully saturated rings. The second-order valence-corrected chi connectivity index (χ2v) is 6.64. The van der Waals surface area contributed by atoms with Gasteiger partial charge in [0.2, 0.25) is 5.91 Å². The van der Waals surface area contributed by atoms with Crippen molar-refractivity contribution in [2.24, 2.45) is 5.92 Å². The summed E-state index contributed by atoms with van der Waals surface area (Å²) in [7, 11) is 1.67. The summed E-state index contributed by atoms with van der Waals surface area (Å²) in [6.45, 7) is 2.56. The molecule has 4 nitrogen and oxygen atoms in total. The van der Waals surface area contributed by atoms with Crippen molar-refractivity contribution in [2.45, 2.75) is 57.7 Å². The Morgan fingerprint density at radius 3 is 2.95 bits per heavy atom. The lowest BCUT2D eigenvalue weighted by atomic mass is 9.85. The minimum absolute atomic E-state index is 0.0236. The first-order chi connectivity index (χ1) is 10.7. The van der Waals surface area contributed by atoms with Gasteiger partial charge in [0, 0.05) is 18.2 Å². The van der Waals surface area contributed by atoms with Crippen molar-refractivity contribution in [2.75, 3.05) is 7.11 Å². The standard InChI is InChI=1S/C18H26N2O2/c1-12-7-8-14(17(9-12)22-2)11-19-18(21)16-10-13-5-3-4-6-15(13)20-16/h7-9,13,15-16,20H,3-6,10-11H2,1-2H3,(H,19,21). The van der Waals surface area contributed by atoms with E-state index in [2.05, 4.69) is 10.6 Å². The maximum absolute atomic E-state index is 12.4. The van der Waals surface area contributed by atoms with Crippen LogP contribution >= 0.6 is 0 Å². The highest BCUT2D eigenvalue weighted by atomic mass is 16.5. The summed E-state index contributed by atoms with van der Waals surface area (Å²) in [4.78, 5) is 12.4. The molecule has 2 aliphatic rings. The van der Waals surface area contributed by atoms with E-state index >= 15 is 0 Å². The number of ether oxygens (including phenoxy) is 1. The molecule has 1 aliphatic heterocycles. The summed E-state index contributed by atoms with van der Waals surface area (Å²) in [5, 5.41) is 6.59. The first-order valence-corrected chi connectivity index (χ1v) is 8.34. The first-order valence-electron chi connectivity index (χ1n) is 8.34. The van der Waals surface area contributed by atoms with Crippen molar-refractivity contribution in [3.05, 3.63) is 29.3 Å². The van der Waals surface area contributed by atoms with Gasteiger partial charge in [-0.2, -0.15) is 0 Å². The molecule has 1 saturated carbocycles. The summed E-state index contributed by atoms with van der Waals surface area (Å²) in [5.74, 6) is 1.66. The molecule has 1 aliphatic carbocycles. The molecule has 22 heavy (non-hydrogen) atoms. The Bertz CT molecular complexity index is 530. The van der Waals surface area contributed by atoms with Gasteiger partial charge in [-0.15, -0.1) is 0 Å². The minimum atomic E-state index is -0.0236. The van der Waals surface area contributed by atoms with Crippen LogP contribution in [-0.4, -0.2) is 25.1 Å². The average Bonchev–Trinajstić information content (AvgIpc) is 2.97. The molecule has 3 rings (SSSR count). The Kier molecular flexibility index (Phi) is 4.67. The summed E-state index contributed by atoms with van der Waals surface area (Å²) in [6, 6.07) is 6.61. The molecule has 4 heteroatoms. The monoisotopic (exact) mass is 302 g/mol. The van der Waals surface area contributed by atoms with E-state index in [4.69, 9.17) is 4.74 Å². The number of hydrogen-bond acceptors (Lipinski definition) is 3. The number of aryl methyl sites for hydroxylation is 1. The number of carbonyl (C=O) groups excluding carboxylic acids is 1. The third-order valence-electron chi connectivity index (χ3n) is 5.07. The summed E-state index contributed by atoms with van der Waals surface area (Å²) in [6.07, 6.45) is 6.09. The van der Waals surface area contributed by atoms with Crippen LogP contribution in [-0.2, 0) is 11.3 Å². The number of amides is 1. The molecule has 1 aromatic rings. The summed E-state index contributed by atoms with van der Waals surface area (Å²) in [5.41, 5.74) is 2.19. The highest BCUT2D eigenvalue weighted by Crippen LogP contribution is 2.33. The highest BCUT2D eigenvalue weighted by molar-refractivity contribution is 5.82. The molecule has 0 radical (unpaired) electrons. The number of hydrogen-bond donors (Lipinski definition) is 2. The topological polar surface area (TPSA) is 50.4 Å². The molecule has 3 atom stereocenters. The van der Waals surface area contributed by atoms with Crippen LogP contribution < -0.4 is 15.4 Å². The van der Waals surface area contributed by atoms with Crippen molar-refractivity contribution in [3.63, 3.8) is 0 Å². The lowest BCUT2D eigenvalue weighted by Gasteiger charge is -2.24. The molecule has 0 aromatic heterocycles. The molecular weight excluding hydrogens is 276 g/mol. The smallest absolute Gasteiger partial charge is 0.237 e. The van der Waals surface area contributed by atoms with E-state index < -0.39 is 0 Å². The molecule has 3 unspecified atom stereocenters. The normalized spacial score (nSPS) is 27.3. The van der Waals surface area contributed by atoms with Crippen molar-refractivity contribution < 1.29 is 9.53 Å². The van der Waals surface area contributed by atoms with E-state index in [1.165, 1.54) is 25.7 Å². The van der Waals surface area contributed by atoms with Crippen LogP contribution in [0, 0.1) is 12.8 Å². The lowest BCUT2D eigenvalue weighted by molar-refractivity contribution is -0.123. The SMILES string of the molecule is COc1cc(C)ccc1CNC(=O)C1CC2CCCCC2N1. The molecule has 120 valence electrons. The Balaban J connectivity index is 1.56. The fraction of sp³-hybridized carbons (Fsp3) is 0.611. The van der Waals surface area contributed by atoms with Crippen molar-refractivity contribution in [3.8, 4) is 5.75 Å². The van der Waals surface area contributed by atoms with E-state index in [-0.39, 0.29) is 11.9 Å². The third kappa shape index (κ3) is 3.27. The second kappa shape index (κ2) is 6.69. The molecule has 1 saturated heterocycles. The zero-order valence-corrected chi connectivity index (χ0v) is 13.5. The van der Waals surface area contributed by atoms with Gasteiger partial charge in [0.05, 0.1) is 13.2 Å². The quantitative estimate of drug-likeness (QED) is 0.898. The van der Waals surface area contributed by atoms with E-state index in [1.807, 2.05) is 25.1 Å². The lowest BCUT2D eigenvalue weighted by Crippen LogP contribution is -2.42. The van der Waals surface area contributed by atoms with Crippen LogP contribution in [0.25, 0.3) is 0 Å². The Morgan fingerprint density at radius 2 is 2.18 bits per heavy atom. The molecule has 1 heterocycles. The highest BCUT2D eigenvalue weighted by Gasteiger charge is 2.38. The molecule has 0 bridgehead atoms. The summed E-state index contributed by atoms with van der Waals surface area (Å²) < 4.78 is 5.39. The largest absolute Gasteiger partial charge is 0.496 e. The minimum Gasteiger partial charge on any atom is -0.496 e. The maximum Gasteiger partial charge on any atom is 0.237 e. The van der Waals surface area contributed by atoms with Gasteiger partial charge in [0.25, 0.3) is 0 Å². The van der Waals surface area contributed by atoms with Gasteiger partial charge in [-0.25, -0.2) is 0 Å². The van der Waals surface area contributed by atoms with Gasteiger partial charge in [0.1, 0.15) is 5.75 Å². The van der Waals surface area contributed by atoms with Crippen LogP contribution in [0.15, 0.2) is 18.2 Å². The molecule has 1 aromatic carbocycles. The fourth-order valence-corrected chi connectivity index (χ4v) is 3.82. The first kappa shape index (κ1) is 15.3. The second-order valence-electron chi connectivity index (χ2n) is 6.64. The Hall–Kier alpha value is -1.55. The molecular formula is C18H26N2O2. The Morgan fingerprint density at radius 1 is 1.36 bits per heavy atom. The van der Waals surface area contributed by atoms with Gasteiger partial charge in [-0.05, 0) is 43.7 Å². The van der Waals surface area contributed by atoms with Crippen molar-refractivity contribution >= 4 is 5.91 Å². The van der Waals surface area contributed by atoms with Gasteiger partial charge in [-0.3, -0.25) is 4.79 Å². The third-order valence-corrected chi connectivity index (χ3v) is 5.07. The predicted molar refractivity (Wildman–Crippen MR) is 86.9 cm³/mol. The van der Waals surface area contributed by atoms with Crippen molar-refractivity contribution in [1.29, 1.82) is 0 Å². The van der Waals surface area contributed by atoms with Crippen LogP contribution in [0.1, 0.15) is 43.2 Å². The number of carbonyl (C=O) groups is 1. The van der Waals surface area contributed by atoms with Gasteiger partial charge >= 0.3 is 0 Å². The van der Waals surface area contributed by atoms with E-state index in [0.717, 1.165) is 23.3 Å². The van der Waals surface area contributed by atoms with Crippen LogP contribution in [0.5, 0.6) is 5.75 Å². The zero-order chi connectivity index (χ0) is 15.5. The molecule has 0 spiro atoms. The molecule has 1 amide bonds. The number of fused-ring (bicyclic) bond motifs is 1. The molecule has 2 N–H and O–H groups in total. The van der Waals surface area contributed by atoms with Crippen LogP contribution in [0.2, 0.25) is 0 Å². The van der Waals surface area contributed by atoms with E-state index in [1.54, 1.807) is 7.11 Å². The number of nitrogens with one attached hydrogen (secondary N) is 2. The van der Waals surface area contributed by atoms with E-state index in [9.17, 15) is 4.79 Å². The predicted octanol–water partition coefficient (Wildman–Crippen LogP) is 2.54. The van der Waals surface area contributed by atoms with E-state index in [0.29, 0.717) is 18.5 Å². The van der Waals surface area contributed by atoms with Crippen molar-refractivity contribution in [1.82, 2.24) is 10.6 Å². The number of methoxy groups -OCH3 is 1. The fourth-order valence-electron chi connectivity index (χ4n) is 3.82. The zero-order valence-electron chi connectivity index (χ0n) is 13.5. The number of benzene rings is 1. The van der Waals surface area contributed by atoms with Crippen LogP contribution in [0.3, 0.4) is 0 Å². The van der Waals surface area contributed by atoms with Gasteiger partial charge in [-0.1, -0.05) is 25.0 Å². The maximum atomic E-state index is 12.4. The Labute approximate surface area is 132 Å². The average molecular weight is 302 g/mol. The van der Waals surface area contributed by atoms with Crippen LogP contribution in [0.4, 0.5) is 0 Å². The van der Waals surface area contributed by atoms with Gasteiger partial charge in [0.15, 0.2) is 0 Å². The van der Waals surface area contributed by atoms with Gasteiger partial charge < -0.3 is 15.4 Å². The number of rotatable bonds is 4. The summed E-state index contributed by atoms with van der Waals surface area (Å²) >= 11 is 0.